The minimum atomic E-state index is -4.73. The van der Waals surface area contributed by atoms with Crippen molar-refractivity contribution in [3.8, 4) is 11.4 Å². The van der Waals surface area contributed by atoms with Gasteiger partial charge >= 0.3 is 6.36 Å². The van der Waals surface area contributed by atoms with Crippen LogP contribution in [0.15, 0.2) is 94.0 Å². The highest BCUT2D eigenvalue weighted by atomic mass is 35.5. The van der Waals surface area contributed by atoms with Gasteiger partial charge in [-0.3, -0.25) is 4.57 Å². The number of alkyl halides is 3. The maximum absolute atomic E-state index is 12.4. The Morgan fingerprint density at radius 1 is 1.08 bits per heavy atom. The second-order valence-corrected chi connectivity index (χ2v) is 8.73. The summed E-state index contributed by atoms with van der Waals surface area (Å²) in [5, 5.41) is 10.7. The molecule has 1 heterocycles. The summed E-state index contributed by atoms with van der Waals surface area (Å²) in [6.07, 6.45) is 3.22. The van der Waals surface area contributed by atoms with Crippen LogP contribution < -0.4 is 15.2 Å². The summed E-state index contributed by atoms with van der Waals surface area (Å²) in [5.41, 5.74) is 3.78. The maximum Gasteiger partial charge on any atom is 0.573 e. The zero-order valence-corrected chi connectivity index (χ0v) is 20.5. The molecule has 1 aliphatic rings. The Morgan fingerprint density at radius 3 is 2.62 bits per heavy atom. The summed E-state index contributed by atoms with van der Waals surface area (Å²) in [4.78, 5) is 8.78. The molecule has 1 aliphatic carbocycles. The first-order valence-electron chi connectivity index (χ1n) is 10.9. The number of hydrogen-bond acceptors (Lipinski definition) is 4. The molecule has 0 atom stereocenters. The standard InChI is InChI=1S/C26H17ClF3N5OS/c27-21-3-1-2-4-22(21)33-25(37)34-32-14-16-5-11-20-17(13-16)6-12-23-24(20)31-15-35(23)18-7-9-19(10-8-18)36-26(28,29)30/h1-4,6-15H,5H2,(H,33,37)/b16-14+,34-32-. The molecule has 6 nitrogen and oxygen atoms in total. The van der Waals surface area contributed by atoms with E-state index in [4.69, 9.17) is 11.6 Å². The number of imidazole rings is 1. The number of benzene rings is 3. The van der Waals surface area contributed by atoms with Crippen LogP contribution in [0.25, 0.3) is 28.9 Å². The SMILES string of the molecule is FC(F)(F)Oc1ccc(-n2cnc3c4c(ccc32)=C/C(=C/N=N\C(S)=N\c2ccccc2Cl)CC=4)cc1. The highest BCUT2D eigenvalue weighted by molar-refractivity contribution is 7.96. The predicted octanol–water partition coefficient (Wildman–Crippen LogP) is 6.50. The number of aliphatic imine (C=N–C) groups is 1. The molecule has 186 valence electrons. The van der Waals surface area contributed by atoms with E-state index in [2.05, 4.69) is 43.6 Å². The molecule has 5 rings (SSSR count). The molecule has 0 saturated carbocycles. The van der Waals surface area contributed by atoms with Gasteiger partial charge in [0.05, 0.1) is 27.9 Å². The lowest BCUT2D eigenvalue weighted by Gasteiger charge is -2.10. The predicted molar refractivity (Wildman–Crippen MR) is 141 cm³/mol. The molecule has 1 aromatic heterocycles. The first-order chi connectivity index (χ1) is 17.8. The summed E-state index contributed by atoms with van der Waals surface area (Å²) >= 11 is 10.3. The molecule has 0 saturated heterocycles. The Labute approximate surface area is 219 Å². The monoisotopic (exact) mass is 539 g/mol. The van der Waals surface area contributed by atoms with Crippen molar-refractivity contribution >= 4 is 58.3 Å². The van der Waals surface area contributed by atoms with E-state index in [-0.39, 0.29) is 10.9 Å². The maximum atomic E-state index is 12.4. The molecular formula is C26H17ClF3N5OS. The number of azo groups is 1. The number of hydrogen-bond donors (Lipinski definition) is 1. The van der Waals surface area contributed by atoms with E-state index in [0.29, 0.717) is 22.8 Å². The quantitative estimate of drug-likeness (QED) is 0.139. The van der Waals surface area contributed by atoms with Crippen LogP contribution in [0.4, 0.5) is 18.9 Å². The fourth-order valence-corrected chi connectivity index (χ4v) is 4.21. The van der Waals surface area contributed by atoms with Crippen LogP contribution in [0.2, 0.25) is 5.02 Å². The molecule has 0 amide bonds. The number of allylic oxidation sites excluding steroid dienone is 1. The van der Waals surface area contributed by atoms with Crippen LogP contribution in [0.5, 0.6) is 5.75 Å². The van der Waals surface area contributed by atoms with Crippen molar-refractivity contribution in [2.45, 2.75) is 12.8 Å². The van der Waals surface area contributed by atoms with Crippen LogP contribution in [-0.4, -0.2) is 21.1 Å². The second-order valence-electron chi connectivity index (χ2n) is 7.93. The number of amidine groups is 1. The van der Waals surface area contributed by atoms with E-state index >= 15 is 0 Å². The van der Waals surface area contributed by atoms with Crippen molar-refractivity contribution in [1.29, 1.82) is 0 Å². The minimum Gasteiger partial charge on any atom is -0.406 e. The number of para-hydroxylation sites is 1. The van der Waals surface area contributed by atoms with E-state index < -0.39 is 6.36 Å². The highest BCUT2D eigenvalue weighted by Gasteiger charge is 2.31. The molecule has 0 unspecified atom stereocenters. The summed E-state index contributed by atoms with van der Waals surface area (Å²) < 4.78 is 43.1. The van der Waals surface area contributed by atoms with Gasteiger partial charge in [-0.15, -0.1) is 30.9 Å². The summed E-state index contributed by atoms with van der Waals surface area (Å²) in [5.74, 6) is -0.280. The average molecular weight is 540 g/mol. The molecule has 11 heteroatoms. The van der Waals surface area contributed by atoms with Crippen LogP contribution in [-0.2, 0) is 0 Å². The number of halogens is 4. The molecule has 0 fully saturated rings. The number of thiol groups is 1. The number of rotatable bonds is 4. The average Bonchev–Trinajstić information content (AvgIpc) is 3.29. The molecule has 0 N–H and O–H groups in total. The van der Waals surface area contributed by atoms with Gasteiger partial charge in [-0.25, -0.2) is 9.98 Å². The summed E-state index contributed by atoms with van der Waals surface area (Å²) in [6, 6.07) is 16.6. The molecule has 0 spiro atoms. The Hall–Kier alpha value is -3.89. The summed E-state index contributed by atoms with van der Waals surface area (Å²) in [6.45, 7) is 0. The largest absolute Gasteiger partial charge is 0.573 e. The lowest BCUT2D eigenvalue weighted by molar-refractivity contribution is -0.274. The van der Waals surface area contributed by atoms with Crippen LogP contribution in [0.3, 0.4) is 0 Å². The Bertz CT molecular complexity index is 1690. The first-order valence-corrected chi connectivity index (χ1v) is 11.8. The number of aromatic nitrogens is 2. The second kappa shape index (κ2) is 10.2. The Balaban J connectivity index is 1.38. The van der Waals surface area contributed by atoms with Gasteiger partial charge in [0, 0.05) is 10.9 Å². The topological polar surface area (TPSA) is 64.1 Å². The van der Waals surface area contributed by atoms with Crippen molar-refractivity contribution in [2.24, 2.45) is 15.2 Å². The number of fused-ring (bicyclic) bond motifs is 3. The van der Waals surface area contributed by atoms with Crippen molar-refractivity contribution < 1.29 is 17.9 Å². The highest BCUT2D eigenvalue weighted by Crippen LogP contribution is 2.26. The smallest absolute Gasteiger partial charge is 0.406 e. The molecule has 0 radical (unpaired) electrons. The van der Waals surface area contributed by atoms with Gasteiger partial charge in [0.25, 0.3) is 0 Å². The number of ether oxygens (including phenoxy) is 1. The lowest BCUT2D eigenvalue weighted by atomic mass is 10.0. The fraction of sp³-hybridized carbons (Fsp3) is 0.0769. The van der Waals surface area contributed by atoms with Gasteiger partial charge in [0.2, 0.25) is 5.17 Å². The van der Waals surface area contributed by atoms with Crippen LogP contribution in [0, 0.1) is 0 Å². The molecule has 37 heavy (non-hydrogen) atoms. The van der Waals surface area contributed by atoms with E-state index in [1.54, 1.807) is 36.8 Å². The molecule has 0 bridgehead atoms. The van der Waals surface area contributed by atoms with E-state index in [9.17, 15) is 13.2 Å². The van der Waals surface area contributed by atoms with Gasteiger partial charge in [-0.05, 0) is 65.8 Å². The minimum absolute atomic E-state index is 0.176. The van der Waals surface area contributed by atoms with E-state index in [1.807, 2.05) is 34.9 Å². The van der Waals surface area contributed by atoms with Gasteiger partial charge in [-0.2, -0.15) is 5.11 Å². The fourth-order valence-electron chi connectivity index (χ4n) is 3.87. The Kier molecular flexibility index (Phi) is 6.86. The zero-order chi connectivity index (χ0) is 26.0. The van der Waals surface area contributed by atoms with Gasteiger partial charge in [0.1, 0.15) is 12.1 Å². The third-order valence-electron chi connectivity index (χ3n) is 5.47. The van der Waals surface area contributed by atoms with Crippen molar-refractivity contribution in [3.63, 3.8) is 0 Å². The van der Waals surface area contributed by atoms with Gasteiger partial charge < -0.3 is 4.74 Å². The molecule has 3 aromatic carbocycles. The molecular weight excluding hydrogens is 523 g/mol. The van der Waals surface area contributed by atoms with E-state index in [0.717, 1.165) is 27.0 Å². The van der Waals surface area contributed by atoms with Crippen molar-refractivity contribution in [2.75, 3.05) is 0 Å². The number of nitrogens with zero attached hydrogens (tertiary/aromatic N) is 5. The summed E-state index contributed by atoms with van der Waals surface area (Å²) in [7, 11) is 0. The van der Waals surface area contributed by atoms with Crippen molar-refractivity contribution in [1.82, 2.24) is 9.55 Å². The molecule has 0 aliphatic heterocycles. The van der Waals surface area contributed by atoms with Gasteiger partial charge in [0.15, 0.2) is 0 Å². The van der Waals surface area contributed by atoms with Crippen molar-refractivity contribution in [3.05, 3.63) is 94.2 Å². The van der Waals surface area contributed by atoms with Crippen LogP contribution in [0.1, 0.15) is 6.42 Å². The van der Waals surface area contributed by atoms with E-state index in [1.165, 1.54) is 12.1 Å². The first kappa shape index (κ1) is 24.8. The Morgan fingerprint density at radius 2 is 1.86 bits per heavy atom. The van der Waals surface area contributed by atoms with Gasteiger partial charge in [-0.1, -0.05) is 35.9 Å². The lowest BCUT2D eigenvalue weighted by Crippen LogP contribution is -2.28. The third kappa shape index (κ3) is 5.76. The zero-order valence-electron chi connectivity index (χ0n) is 18.9. The molecule has 4 aromatic rings. The third-order valence-corrected chi connectivity index (χ3v) is 5.98. The normalized spacial score (nSPS) is 15.1. The van der Waals surface area contributed by atoms with Crippen LogP contribution >= 0.6 is 24.2 Å².